The average Bonchev–Trinajstić information content (AvgIpc) is 2.90. The van der Waals surface area contributed by atoms with E-state index in [9.17, 15) is 14.4 Å². The predicted molar refractivity (Wildman–Crippen MR) is 129 cm³/mol. The zero-order valence-electron chi connectivity index (χ0n) is 20.3. The van der Waals surface area contributed by atoms with E-state index in [2.05, 4.69) is 5.32 Å². The van der Waals surface area contributed by atoms with Crippen LogP contribution in [-0.2, 0) is 11.2 Å². The molecule has 9 nitrogen and oxygen atoms in total. The van der Waals surface area contributed by atoms with Gasteiger partial charge in [0.05, 0.1) is 33.9 Å². The summed E-state index contributed by atoms with van der Waals surface area (Å²) in [4.78, 5) is 42.6. The third-order valence-corrected chi connectivity index (χ3v) is 6.63. The van der Waals surface area contributed by atoms with Gasteiger partial charge in [-0.2, -0.15) is 0 Å². The summed E-state index contributed by atoms with van der Waals surface area (Å²) in [5.74, 6) is 1.42. The molecule has 2 heterocycles. The molecule has 2 unspecified atom stereocenters. The molecule has 2 aliphatic rings. The highest BCUT2D eigenvalue weighted by atomic mass is 16.5. The van der Waals surface area contributed by atoms with Gasteiger partial charge in [-0.15, -0.1) is 0 Å². The largest absolute Gasteiger partial charge is 0.497 e. The monoisotopic (exact) mass is 481 g/mol. The molecule has 2 atom stereocenters. The number of urea groups is 1. The number of piperidine rings is 1. The number of Topliss-reactive ketones (excluding diaryl/α,β-unsaturated/α-hetero) is 1. The first kappa shape index (κ1) is 24.5. The Kier molecular flexibility index (Phi) is 7.55. The second-order valence-electron chi connectivity index (χ2n) is 8.63. The minimum atomic E-state index is -0.518. The number of rotatable bonds is 9. The first-order valence-electron chi connectivity index (χ1n) is 11.7. The van der Waals surface area contributed by atoms with Gasteiger partial charge in [-0.05, 0) is 67.8 Å². The fourth-order valence-electron chi connectivity index (χ4n) is 4.71. The van der Waals surface area contributed by atoms with Crippen LogP contribution in [0.1, 0.15) is 28.8 Å². The number of carbonyl (C=O) groups is 3. The van der Waals surface area contributed by atoms with Crippen molar-refractivity contribution in [3.8, 4) is 17.2 Å². The van der Waals surface area contributed by atoms with Crippen LogP contribution < -0.4 is 19.5 Å². The molecule has 2 aromatic rings. The number of nitrogens with one attached hydrogen (secondary N) is 1. The number of amides is 3. The fraction of sp³-hybridized carbons (Fsp3) is 0.423. The number of benzene rings is 2. The van der Waals surface area contributed by atoms with Gasteiger partial charge >= 0.3 is 6.03 Å². The zero-order chi connectivity index (χ0) is 24.9. The van der Waals surface area contributed by atoms with Crippen molar-refractivity contribution >= 4 is 17.7 Å². The molecule has 2 aromatic carbocycles. The fourth-order valence-corrected chi connectivity index (χ4v) is 4.71. The zero-order valence-corrected chi connectivity index (χ0v) is 20.3. The van der Waals surface area contributed by atoms with Gasteiger partial charge in [0, 0.05) is 12.1 Å². The van der Waals surface area contributed by atoms with Crippen LogP contribution in [-0.4, -0.2) is 80.6 Å². The van der Waals surface area contributed by atoms with E-state index in [1.54, 1.807) is 56.6 Å². The molecule has 4 rings (SSSR count). The lowest BCUT2D eigenvalue weighted by Gasteiger charge is -2.46. The van der Waals surface area contributed by atoms with Crippen LogP contribution in [0.15, 0.2) is 42.5 Å². The van der Waals surface area contributed by atoms with Crippen LogP contribution in [0.3, 0.4) is 0 Å². The highest BCUT2D eigenvalue weighted by molar-refractivity contribution is 6.04. The van der Waals surface area contributed by atoms with E-state index < -0.39 is 12.1 Å². The van der Waals surface area contributed by atoms with Gasteiger partial charge < -0.3 is 24.4 Å². The summed E-state index contributed by atoms with van der Waals surface area (Å²) in [5.41, 5.74) is 1.40. The molecule has 0 bridgehead atoms. The van der Waals surface area contributed by atoms with Crippen molar-refractivity contribution in [3.63, 3.8) is 0 Å². The Labute approximate surface area is 204 Å². The Morgan fingerprint density at radius 2 is 1.74 bits per heavy atom. The van der Waals surface area contributed by atoms with Crippen molar-refractivity contribution in [2.75, 3.05) is 41.0 Å². The molecule has 0 saturated carbocycles. The third kappa shape index (κ3) is 5.09. The third-order valence-electron chi connectivity index (χ3n) is 6.63. The van der Waals surface area contributed by atoms with Gasteiger partial charge in [0.2, 0.25) is 5.91 Å². The lowest BCUT2D eigenvalue weighted by molar-refractivity contribution is -0.136. The molecule has 0 aliphatic carbocycles. The first-order valence-corrected chi connectivity index (χ1v) is 11.7. The highest BCUT2D eigenvalue weighted by Crippen LogP contribution is 2.29. The van der Waals surface area contributed by atoms with E-state index in [1.165, 1.54) is 4.90 Å². The van der Waals surface area contributed by atoms with Crippen molar-refractivity contribution in [2.45, 2.75) is 31.3 Å². The molecular weight excluding hydrogens is 450 g/mol. The minimum Gasteiger partial charge on any atom is -0.497 e. The van der Waals surface area contributed by atoms with Gasteiger partial charge in [0.1, 0.15) is 11.8 Å². The molecule has 35 heavy (non-hydrogen) atoms. The van der Waals surface area contributed by atoms with Crippen LogP contribution in [0.25, 0.3) is 0 Å². The molecule has 2 fully saturated rings. The second-order valence-corrected chi connectivity index (χ2v) is 8.63. The van der Waals surface area contributed by atoms with E-state index >= 15 is 0 Å². The number of imide groups is 1. The number of ketones is 1. The van der Waals surface area contributed by atoms with Crippen molar-refractivity contribution < 1.29 is 28.6 Å². The Morgan fingerprint density at radius 3 is 2.43 bits per heavy atom. The van der Waals surface area contributed by atoms with Crippen LogP contribution in [0.2, 0.25) is 0 Å². The molecule has 0 radical (unpaired) electrons. The Balaban J connectivity index is 1.52. The number of methoxy groups -OCH3 is 3. The standard InChI is InChI=1S/C26H31N3O6/c1-33-19-9-7-18(8-10-19)21(30)16-29-20-5-4-13-27-24(20)25(31)28(26(29)32)14-12-17-6-11-22(34-2)23(15-17)35-3/h6-11,15,20,24,27H,4-5,12-14,16H2,1-3H3. The molecule has 2 aliphatic heterocycles. The molecule has 3 amide bonds. The van der Waals surface area contributed by atoms with Crippen molar-refractivity contribution in [3.05, 3.63) is 53.6 Å². The van der Waals surface area contributed by atoms with Gasteiger partial charge in [-0.25, -0.2) is 4.79 Å². The van der Waals surface area contributed by atoms with Crippen molar-refractivity contribution in [1.82, 2.24) is 15.1 Å². The molecule has 1 N–H and O–H groups in total. The minimum absolute atomic E-state index is 0.0891. The summed E-state index contributed by atoms with van der Waals surface area (Å²) in [6.07, 6.45) is 1.96. The van der Waals surface area contributed by atoms with Crippen LogP contribution in [0.5, 0.6) is 17.2 Å². The van der Waals surface area contributed by atoms with Gasteiger partial charge in [-0.1, -0.05) is 6.07 Å². The maximum absolute atomic E-state index is 13.5. The molecule has 186 valence electrons. The van der Waals surface area contributed by atoms with Crippen LogP contribution >= 0.6 is 0 Å². The maximum Gasteiger partial charge on any atom is 0.327 e. The normalized spacial score (nSPS) is 19.9. The van der Waals surface area contributed by atoms with E-state index in [0.29, 0.717) is 42.2 Å². The summed E-state index contributed by atoms with van der Waals surface area (Å²) in [5, 5.41) is 3.26. The summed E-state index contributed by atoms with van der Waals surface area (Å²) in [6, 6.07) is 11.0. The van der Waals surface area contributed by atoms with E-state index in [4.69, 9.17) is 14.2 Å². The summed E-state index contributed by atoms with van der Waals surface area (Å²) >= 11 is 0. The van der Waals surface area contributed by atoms with Gasteiger partial charge in [0.25, 0.3) is 0 Å². The molecule has 9 heteroatoms. The molecular formula is C26H31N3O6. The number of fused-ring (bicyclic) bond motifs is 1. The van der Waals surface area contributed by atoms with E-state index in [1.807, 2.05) is 12.1 Å². The number of hydrogen-bond donors (Lipinski definition) is 1. The topological polar surface area (TPSA) is 97.4 Å². The molecule has 2 saturated heterocycles. The smallest absolute Gasteiger partial charge is 0.327 e. The Morgan fingerprint density at radius 1 is 1.00 bits per heavy atom. The summed E-state index contributed by atoms with van der Waals surface area (Å²) in [6.45, 7) is 0.810. The summed E-state index contributed by atoms with van der Waals surface area (Å²) in [7, 11) is 4.69. The van der Waals surface area contributed by atoms with Crippen LogP contribution in [0.4, 0.5) is 4.79 Å². The number of ether oxygens (including phenoxy) is 3. The Hall–Kier alpha value is -3.59. The quantitative estimate of drug-likeness (QED) is 0.550. The highest BCUT2D eigenvalue weighted by Gasteiger charge is 2.47. The van der Waals surface area contributed by atoms with Gasteiger partial charge in [-0.3, -0.25) is 14.5 Å². The van der Waals surface area contributed by atoms with Gasteiger partial charge in [0.15, 0.2) is 17.3 Å². The number of nitrogens with zero attached hydrogens (tertiary/aromatic N) is 2. The lowest BCUT2D eigenvalue weighted by atomic mass is 9.92. The predicted octanol–water partition coefficient (Wildman–Crippen LogP) is 2.52. The second kappa shape index (κ2) is 10.8. The Bertz CT molecular complexity index is 1090. The van der Waals surface area contributed by atoms with Crippen LogP contribution in [0, 0.1) is 0 Å². The number of hydrogen-bond acceptors (Lipinski definition) is 7. The van der Waals surface area contributed by atoms with E-state index in [0.717, 1.165) is 12.0 Å². The SMILES string of the molecule is COc1ccc(C(=O)CN2C(=O)N(CCc3ccc(OC)c(OC)c3)C(=O)C3NCCCC32)cc1. The summed E-state index contributed by atoms with van der Waals surface area (Å²) < 4.78 is 15.8. The average molecular weight is 482 g/mol. The first-order chi connectivity index (χ1) is 17.0. The number of carbonyl (C=O) groups excluding carboxylic acids is 3. The molecule has 0 aromatic heterocycles. The van der Waals surface area contributed by atoms with E-state index in [-0.39, 0.29) is 30.8 Å². The van der Waals surface area contributed by atoms with Crippen molar-refractivity contribution in [2.24, 2.45) is 0 Å². The van der Waals surface area contributed by atoms with Crippen molar-refractivity contribution in [1.29, 1.82) is 0 Å². The molecule has 0 spiro atoms. The maximum atomic E-state index is 13.5. The lowest BCUT2D eigenvalue weighted by Crippen LogP contribution is -2.70.